The summed E-state index contributed by atoms with van der Waals surface area (Å²) < 4.78 is 2.05. The Morgan fingerprint density at radius 2 is 1.33 bits per heavy atom. The van der Waals surface area contributed by atoms with Crippen LogP contribution in [0.5, 0.6) is 0 Å². The van der Waals surface area contributed by atoms with Crippen LogP contribution in [0.25, 0.3) is 16.9 Å². The van der Waals surface area contributed by atoms with Gasteiger partial charge in [-0.3, -0.25) is 0 Å². The van der Waals surface area contributed by atoms with E-state index in [4.69, 9.17) is 0 Å². The van der Waals surface area contributed by atoms with Gasteiger partial charge in [-0.15, -0.1) is 0 Å². The zero-order valence-electron chi connectivity index (χ0n) is 15.0. The summed E-state index contributed by atoms with van der Waals surface area (Å²) in [7, 11) is 0. The summed E-state index contributed by atoms with van der Waals surface area (Å²) in [6.45, 7) is 9.02. The second kappa shape index (κ2) is 7.52. The van der Waals surface area contributed by atoms with E-state index in [0.717, 1.165) is 5.69 Å². The summed E-state index contributed by atoms with van der Waals surface area (Å²) >= 11 is 0. The Bertz CT molecular complexity index is 762. The highest BCUT2D eigenvalue weighted by Gasteiger charge is 2.18. The highest BCUT2D eigenvalue weighted by Crippen LogP contribution is 2.36. The lowest BCUT2D eigenvalue weighted by Gasteiger charge is -2.20. The monoisotopic (exact) mass is 316 g/mol. The summed E-state index contributed by atoms with van der Waals surface area (Å²) in [5.74, 6) is 0.950. The quantitative estimate of drug-likeness (QED) is 0.610. The highest BCUT2D eigenvalue weighted by molar-refractivity contribution is 5.75. The Morgan fingerprint density at radius 1 is 0.750 bits per heavy atom. The normalized spacial score (nSPS) is 10.9. The Kier molecular flexibility index (Phi) is 5.66. The molecule has 0 aliphatic carbocycles. The number of hydrogen-bond acceptors (Lipinski definition) is 1. The van der Waals surface area contributed by atoms with Crippen molar-refractivity contribution < 1.29 is 0 Å². The van der Waals surface area contributed by atoms with Gasteiger partial charge in [0.15, 0.2) is 0 Å². The molecule has 122 valence electrons. The van der Waals surface area contributed by atoms with Crippen molar-refractivity contribution in [2.45, 2.75) is 39.5 Å². The van der Waals surface area contributed by atoms with E-state index in [1.807, 2.05) is 16.9 Å². The molecule has 0 saturated carbocycles. The first kappa shape index (κ1) is 18.1. The lowest BCUT2D eigenvalue weighted by molar-refractivity contribution is 0.825. The van der Waals surface area contributed by atoms with Gasteiger partial charge in [-0.1, -0.05) is 64.1 Å². The van der Waals surface area contributed by atoms with Crippen molar-refractivity contribution in [1.82, 2.24) is 9.78 Å². The van der Waals surface area contributed by atoms with E-state index in [0.29, 0.717) is 11.8 Å². The molecule has 1 heterocycles. The van der Waals surface area contributed by atoms with Crippen molar-refractivity contribution in [2.75, 3.05) is 0 Å². The van der Waals surface area contributed by atoms with Gasteiger partial charge < -0.3 is 0 Å². The number of aromatic nitrogens is 2. The number of para-hydroxylation sites is 1. The van der Waals surface area contributed by atoms with Crippen molar-refractivity contribution >= 4 is 8.41 Å². The minimum Gasteiger partial charge on any atom is -0.233 e. The van der Waals surface area contributed by atoms with Crippen molar-refractivity contribution in [2.24, 2.45) is 0 Å². The van der Waals surface area contributed by atoms with Crippen molar-refractivity contribution in [3.8, 4) is 16.9 Å². The molecule has 0 N–H and O–H groups in total. The van der Waals surface area contributed by atoms with E-state index in [1.165, 1.54) is 22.4 Å². The Balaban J connectivity index is 0.00000208. The van der Waals surface area contributed by atoms with Crippen LogP contribution in [0.15, 0.2) is 60.8 Å². The Hall–Kier alpha value is -2.29. The molecule has 3 heteroatoms. The third-order valence-electron chi connectivity index (χ3n) is 4.27. The molecule has 0 amide bonds. The van der Waals surface area contributed by atoms with Crippen molar-refractivity contribution in [1.29, 1.82) is 0 Å². The first-order valence-corrected chi connectivity index (χ1v) is 8.32. The molecule has 0 saturated heterocycles. The predicted octanol–water partition coefficient (Wildman–Crippen LogP) is 5.14. The summed E-state index contributed by atoms with van der Waals surface area (Å²) in [6.07, 6.45) is 1.89. The molecule has 24 heavy (non-hydrogen) atoms. The van der Waals surface area contributed by atoms with Crippen LogP contribution in [0.4, 0.5) is 0 Å². The second-order valence-corrected chi connectivity index (χ2v) is 6.58. The summed E-state index contributed by atoms with van der Waals surface area (Å²) in [5.41, 5.74) is 6.37. The van der Waals surface area contributed by atoms with Gasteiger partial charge in [-0.25, -0.2) is 4.68 Å². The fourth-order valence-electron chi connectivity index (χ4n) is 3.11. The van der Waals surface area contributed by atoms with E-state index >= 15 is 0 Å². The van der Waals surface area contributed by atoms with Gasteiger partial charge >= 0.3 is 0 Å². The molecular weight excluding hydrogens is 291 g/mol. The van der Waals surface area contributed by atoms with Crippen molar-refractivity contribution in [3.05, 3.63) is 71.9 Å². The minimum absolute atomic E-state index is 0. The molecule has 0 aliphatic rings. The highest BCUT2D eigenvalue weighted by atomic mass is 15.3. The molecule has 3 aromatic rings. The van der Waals surface area contributed by atoms with Crippen LogP contribution in [0.2, 0.25) is 0 Å². The average Bonchev–Trinajstić information content (AvgIpc) is 3.04. The number of rotatable bonds is 4. The zero-order chi connectivity index (χ0) is 16.4. The van der Waals surface area contributed by atoms with Crippen LogP contribution < -0.4 is 0 Å². The summed E-state index contributed by atoms with van der Waals surface area (Å²) in [5, 5.41) is 4.58. The summed E-state index contributed by atoms with van der Waals surface area (Å²) in [6, 6.07) is 19.1. The van der Waals surface area contributed by atoms with Gasteiger partial charge in [-0.05, 0) is 41.2 Å². The van der Waals surface area contributed by atoms with E-state index in [-0.39, 0.29) is 8.41 Å². The topological polar surface area (TPSA) is 17.8 Å². The summed E-state index contributed by atoms with van der Waals surface area (Å²) in [4.78, 5) is 0. The van der Waals surface area contributed by atoms with Gasteiger partial charge in [0.05, 0.1) is 17.6 Å². The van der Waals surface area contributed by atoms with Gasteiger partial charge in [0.1, 0.15) is 0 Å². The Labute approximate surface area is 147 Å². The van der Waals surface area contributed by atoms with Gasteiger partial charge in [0, 0.05) is 14.0 Å². The first-order valence-electron chi connectivity index (χ1n) is 8.32. The molecule has 3 rings (SSSR count). The van der Waals surface area contributed by atoms with E-state index in [9.17, 15) is 0 Å². The maximum Gasteiger partial charge on any atom is 0.0746 e. The van der Waals surface area contributed by atoms with Gasteiger partial charge in [0.2, 0.25) is 0 Å². The van der Waals surface area contributed by atoms with Crippen LogP contribution in [0.3, 0.4) is 0 Å². The standard InChI is InChI=1S/C21H24N2.BH/c1-15(2)18-11-8-12-19(16(3)4)21(18)20-13-14-22-23(20)17-9-6-5-7-10-17;/h5-16H,1-4H3;1H. The van der Waals surface area contributed by atoms with Gasteiger partial charge in [-0.2, -0.15) is 5.10 Å². The Morgan fingerprint density at radius 3 is 1.88 bits per heavy atom. The zero-order valence-corrected chi connectivity index (χ0v) is 15.0. The number of hydrogen-bond donors (Lipinski definition) is 0. The molecule has 0 bridgehead atoms. The molecular formula is C21H25BN2. The molecule has 0 fully saturated rings. The minimum atomic E-state index is 0. The van der Waals surface area contributed by atoms with Crippen molar-refractivity contribution in [3.63, 3.8) is 0 Å². The smallest absolute Gasteiger partial charge is 0.0746 e. The lowest BCUT2D eigenvalue weighted by atomic mass is 9.87. The van der Waals surface area contributed by atoms with E-state index < -0.39 is 0 Å². The molecule has 2 radical (unpaired) electrons. The number of benzene rings is 2. The fourth-order valence-corrected chi connectivity index (χ4v) is 3.11. The van der Waals surface area contributed by atoms with Crippen LogP contribution >= 0.6 is 0 Å². The first-order chi connectivity index (χ1) is 11.1. The van der Waals surface area contributed by atoms with Crippen LogP contribution in [-0.4, -0.2) is 18.2 Å². The molecule has 0 atom stereocenters. The van der Waals surface area contributed by atoms with Crippen LogP contribution in [-0.2, 0) is 0 Å². The molecule has 0 unspecified atom stereocenters. The second-order valence-electron chi connectivity index (χ2n) is 6.58. The van der Waals surface area contributed by atoms with Gasteiger partial charge in [0.25, 0.3) is 0 Å². The molecule has 2 aromatic carbocycles. The SMILES string of the molecule is CC(C)c1cccc(C(C)C)c1-c1ccnn1-c1ccccc1.[BH]. The average molecular weight is 316 g/mol. The number of nitrogens with zero attached hydrogens (tertiary/aromatic N) is 2. The molecule has 1 aromatic heterocycles. The third kappa shape index (κ3) is 3.30. The van der Waals surface area contributed by atoms with Crippen LogP contribution in [0, 0.1) is 0 Å². The maximum absolute atomic E-state index is 4.58. The lowest BCUT2D eigenvalue weighted by Crippen LogP contribution is -2.05. The molecule has 0 spiro atoms. The molecule has 2 nitrogen and oxygen atoms in total. The van der Waals surface area contributed by atoms with E-state index in [2.05, 4.69) is 81.3 Å². The van der Waals surface area contributed by atoms with Crippen LogP contribution in [0.1, 0.15) is 50.7 Å². The van der Waals surface area contributed by atoms with E-state index in [1.54, 1.807) is 0 Å². The fraction of sp³-hybridized carbons (Fsp3) is 0.286. The molecule has 0 aliphatic heterocycles. The maximum atomic E-state index is 4.58. The third-order valence-corrected chi connectivity index (χ3v) is 4.27. The largest absolute Gasteiger partial charge is 0.233 e. The predicted molar refractivity (Wildman–Crippen MR) is 104 cm³/mol.